The van der Waals surface area contributed by atoms with E-state index in [0.29, 0.717) is 19.8 Å². The molecule has 19 heavy (non-hydrogen) atoms. The quantitative estimate of drug-likeness (QED) is 0.631. The van der Waals surface area contributed by atoms with Crippen LogP contribution in [0.25, 0.3) is 0 Å². The van der Waals surface area contributed by atoms with Crippen molar-refractivity contribution in [2.75, 3.05) is 26.4 Å². The summed E-state index contributed by atoms with van der Waals surface area (Å²) in [5.41, 5.74) is 1.31. The zero-order chi connectivity index (χ0) is 13.9. The van der Waals surface area contributed by atoms with Gasteiger partial charge in [-0.25, -0.2) is 0 Å². The predicted octanol–water partition coefficient (Wildman–Crippen LogP) is 3.50. The van der Waals surface area contributed by atoms with Crippen LogP contribution in [0.15, 0.2) is 6.07 Å². The van der Waals surface area contributed by atoms with Crippen molar-refractivity contribution in [1.82, 2.24) is 5.32 Å². The fourth-order valence-corrected chi connectivity index (χ4v) is 2.73. The van der Waals surface area contributed by atoms with Gasteiger partial charge in [0.1, 0.15) is 0 Å². The first-order chi connectivity index (χ1) is 9.27. The number of hydrogen-bond acceptors (Lipinski definition) is 4. The average Bonchev–Trinajstić information content (AvgIpc) is 2.76. The van der Waals surface area contributed by atoms with Crippen LogP contribution in [0.5, 0.6) is 0 Å². The molecule has 110 valence electrons. The molecule has 0 spiro atoms. The van der Waals surface area contributed by atoms with Crippen LogP contribution in [0.1, 0.15) is 42.0 Å². The Hall–Kier alpha value is -0.420. The third-order valence-electron chi connectivity index (χ3n) is 2.89. The number of nitrogens with one attached hydrogen (secondary N) is 1. The molecule has 0 radical (unpaired) electrons. The highest BCUT2D eigenvalue weighted by Crippen LogP contribution is 2.22. The number of aryl methyl sites for hydroxylation is 1. The molecule has 1 rings (SSSR count). The topological polar surface area (TPSA) is 30.5 Å². The third-order valence-corrected chi connectivity index (χ3v) is 3.99. The molecule has 0 bridgehead atoms. The Morgan fingerprint density at radius 1 is 1.16 bits per heavy atom. The smallest absolute Gasteiger partial charge is 0.0728 e. The minimum Gasteiger partial charge on any atom is -0.379 e. The summed E-state index contributed by atoms with van der Waals surface area (Å²) in [6, 6.07) is 2.25. The number of thiophene rings is 1. The summed E-state index contributed by atoms with van der Waals surface area (Å²) >= 11 is 1.86. The second kappa shape index (κ2) is 10.4. The lowest BCUT2D eigenvalue weighted by atomic mass is 10.2. The van der Waals surface area contributed by atoms with Crippen LogP contribution in [0.2, 0.25) is 0 Å². The predicted molar refractivity (Wildman–Crippen MR) is 81.8 cm³/mol. The van der Waals surface area contributed by atoms with Gasteiger partial charge in [-0.3, -0.25) is 0 Å². The number of ether oxygens (including phenoxy) is 2. The normalized spacial score (nSPS) is 11.1. The molecule has 0 atom stereocenters. The Balaban J connectivity index is 2.16. The maximum absolute atomic E-state index is 5.66. The van der Waals surface area contributed by atoms with Crippen LogP contribution in [0.3, 0.4) is 0 Å². The molecule has 1 aromatic rings. The average molecular weight is 285 g/mol. The molecule has 0 aromatic carbocycles. The zero-order valence-electron chi connectivity index (χ0n) is 12.5. The minimum atomic E-state index is 0.682. The van der Waals surface area contributed by atoms with E-state index in [4.69, 9.17) is 9.47 Å². The highest BCUT2D eigenvalue weighted by atomic mass is 32.1. The summed E-state index contributed by atoms with van der Waals surface area (Å²) in [5, 5.41) is 3.35. The zero-order valence-corrected chi connectivity index (χ0v) is 13.3. The molecule has 1 heterocycles. The summed E-state index contributed by atoms with van der Waals surface area (Å²) in [6.45, 7) is 11.4. The molecule has 0 amide bonds. The first kappa shape index (κ1) is 16.6. The highest BCUT2D eigenvalue weighted by Gasteiger charge is 2.05. The number of unbranched alkanes of at least 4 members (excludes halogenated alkanes) is 1. The van der Waals surface area contributed by atoms with E-state index in [2.05, 4.69) is 32.2 Å². The van der Waals surface area contributed by atoms with Crippen molar-refractivity contribution in [3.63, 3.8) is 0 Å². The van der Waals surface area contributed by atoms with E-state index in [9.17, 15) is 0 Å². The Bertz CT molecular complexity index is 339. The summed E-state index contributed by atoms with van der Waals surface area (Å²) < 4.78 is 11.1. The van der Waals surface area contributed by atoms with Gasteiger partial charge in [0.05, 0.1) is 19.8 Å². The van der Waals surface area contributed by atoms with E-state index in [1.807, 2.05) is 11.3 Å². The fraction of sp³-hybridized carbons (Fsp3) is 0.733. The molecule has 0 aliphatic rings. The molecule has 1 N–H and O–H groups in total. The van der Waals surface area contributed by atoms with Gasteiger partial charge in [-0.2, -0.15) is 0 Å². The van der Waals surface area contributed by atoms with Gasteiger partial charge in [0.15, 0.2) is 0 Å². The number of hydrogen-bond donors (Lipinski definition) is 1. The lowest BCUT2D eigenvalue weighted by Gasteiger charge is -2.05. The van der Waals surface area contributed by atoms with Crippen molar-refractivity contribution < 1.29 is 9.47 Å². The first-order valence-corrected chi connectivity index (χ1v) is 8.04. The van der Waals surface area contributed by atoms with E-state index in [1.165, 1.54) is 21.7 Å². The van der Waals surface area contributed by atoms with E-state index < -0.39 is 0 Å². The molecule has 0 saturated carbocycles. The molecular formula is C15H27NO2S. The Morgan fingerprint density at radius 2 is 1.95 bits per heavy atom. The van der Waals surface area contributed by atoms with Gasteiger partial charge in [-0.15, -0.1) is 11.3 Å². The van der Waals surface area contributed by atoms with Gasteiger partial charge in [-0.1, -0.05) is 20.3 Å². The third kappa shape index (κ3) is 7.06. The second-order valence-corrected chi connectivity index (χ2v) is 5.93. The Labute approximate surface area is 121 Å². The maximum atomic E-state index is 5.66. The van der Waals surface area contributed by atoms with Crippen molar-refractivity contribution >= 4 is 11.3 Å². The van der Waals surface area contributed by atoms with Gasteiger partial charge < -0.3 is 14.8 Å². The molecule has 0 aliphatic heterocycles. The summed E-state index contributed by atoms with van der Waals surface area (Å²) in [5.74, 6) is 0. The molecular weight excluding hydrogens is 258 g/mol. The molecule has 0 unspecified atom stereocenters. The van der Waals surface area contributed by atoms with Gasteiger partial charge in [0, 0.05) is 22.9 Å². The van der Waals surface area contributed by atoms with E-state index >= 15 is 0 Å². The van der Waals surface area contributed by atoms with E-state index in [1.54, 1.807) is 0 Å². The largest absolute Gasteiger partial charge is 0.379 e. The maximum Gasteiger partial charge on any atom is 0.0728 e. The van der Waals surface area contributed by atoms with Crippen LogP contribution < -0.4 is 5.32 Å². The van der Waals surface area contributed by atoms with Crippen molar-refractivity contribution in [1.29, 1.82) is 0 Å². The van der Waals surface area contributed by atoms with Crippen LogP contribution in [0.4, 0.5) is 0 Å². The summed E-state index contributed by atoms with van der Waals surface area (Å²) in [7, 11) is 0. The van der Waals surface area contributed by atoms with Crippen molar-refractivity contribution in [3.05, 3.63) is 21.4 Å². The Kier molecular flexibility index (Phi) is 9.08. The van der Waals surface area contributed by atoms with Crippen molar-refractivity contribution in [3.8, 4) is 0 Å². The van der Waals surface area contributed by atoms with Gasteiger partial charge in [-0.05, 0) is 31.5 Å². The monoisotopic (exact) mass is 285 g/mol. The lowest BCUT2D eigenvalue weighted by Crippen LogP contribution is -2.10. The lowest BCUT2D eigenvalue weighted by molar-refractivity contribution is 0.0396. The summed E-state index contributed by atoms with van der Waals surface area (Å²) in [4.78, 5) is 2.75. The van der Waals surface area contributed by atoms with Gasteiger partial charge in [0.25, 0.3) is 0 Å². The van der Waals surface area contributed by atoms with E-state index in [-0.39, 0.29) is 0 Å². The number of rotatable bonds is 11. The van der Waals surface area contributed by atoms with Crippen LogP contribution in [-0.2, 0) is 22.6 Å². The molecule has 0 aliphatic carbocycles. The molecule has 0 fully saturated rings. The minimum absolute atomic E-state index is 0.682. The van der Waals surface area contributed by atoms with Crippen LogP contribution >= 0.6 is 11.3 Å². The first-order valence-electron chi connectivity index (χ1n) is 7.22. The van der Waals surface area contributed by atoms with Crippen LogP contribution in [-0.4, -0.2) is 26.4 Å². The van der Waals surface area contributed by atoms with Crippen LogP contribution in [0, 0.1) is 6.92 Å². The Morgan fingerprint density at radius 3 is 2.68 bits per heavy atom. The van der Waals surface area contributed by atoms with Gasteiger partial charge in [0.2, 0.25) is 0 Å². The molecule has 0 saturated heterocycles. The summed E-state index contributed by atoms with van der Waals surface area (Å²) in [6.07, 6.45) is 2.32. The second-order valence-electron chi connectivity index (χ2n) is 4.59. The highest BCUT2D eigenvalue weighted by molar-refractivity contribution is 7.12. The SMILES string of the molecule is CCCCOCCOCc1cc(CNCC)sc1C. The molecule has 4 heteroatoms. The van der Waals surface area contributed by atoms with Crippen molar-refractivity contribution in [2.45, 2.75) is 46.8 Å². The molecule has 3 nitrogen and oxygen atoms in total. The fourth-order valence-electron chi connectivity index (χ4n) is 1.71. The standard InChI is InChI=1S/C15H27NO2S/c1-4-6-7-17-8-9-18-12-14-10-15(11-16-5-2)19-13(14)3/h10,16H,4-9,11-12H2,1-3H3. The van der Waals surface area contributed by atoms with E-state index in [0.717, 1.165) is 26.1 Å². The van der Waals surface area contributed by atoms with Gasteiger partial charge >= 0.3 is 0 Å². The molecule has 1 aromatic heterocycles. The van der Waals surface area contributed by atoms with Crippen molar-refractivity contribution in [2.24, 2.45) is 0 Å².